The van der Waals surface area contributed by atoms with E-state index in [1.165, 1.54) is 34.9 Å². The molecule has 6 nitrogen and oxygen atoms in total. The summed E-state index contributed by atoms with van der Waals surface area (Å²) in [5.74, 6) is -0.487. The summed E-state index contributed by atoms with van der Waals surface area (Å²) in [6.07, 6.45) is -9.42. The van der Waals surface area contributed by atoms with Crippen LogP contribution in [0.1, 0.15) is 45.7 Å². The number of carbonyl (C=O) groups excluding carboxylic acids is 2. The second kappa shape index (κ2) is 8.72. The highest BCUT2D eigenvalue weighted by Gasteiger charge is 2.48. The van der Waals surface area contributed by atoms with Crippen LogP contribution in [-0.2, 0) is 23.6 Å². The smallest absolute Gasteiger partial charge is 0.433 e. The Hall–Kier alpha value is -3.31. The van der Waals surface area contributed by atoms with E-state index < -0.39 is 41.2 Å². The molecule has 4 rings (SSSR count). The highest BCUT2D eigenvalue weighted by molar-refractivity contribution is 5.95. The van der Waals surface area contributed by atoms with Crippen molar-refractivity contribution >= 4 is 12.0 Å². The van der Waals surface area contributed by atoms with Crippen LogP contribution in [-0.4, -0.2) is 52.0 Å². The maximum absolute atomic E-state index is 13.3. The van der Waals surface area contributed by atoms with Crippen molar-refractivity contribution in [3.8, 4) is 0 Å². The van der Waals surface area contributed by atoms with Gasteiger partial charge in [0, 0.05) is 32.5 Å². The number of amides is 2. The Morgan fingerprint density at radius 3 is 2.29 bits per heavy atom. The van der Waals surface area contributed by atoms with Crippen LogP contribution in [0.2, 0.25) is 0 Å². The van der Waals surface area contributed by atoms with Crippen molar-refractivity contribution in [2.45, 2.75) is 44.3 Å². The third kappa shape index (κ3) is 5.06. The molecule has 1 spiro atoms. The second-order valence-corrected chi connectivity index (χ2v) is 8.68. The Morgan fingerprint density at radius 1 is 1.03 bits per heavy atom. The fourth-order valence-electron chi connectivity index (χ4n) is 4.45. The highest BCUT2D eigenvalue weighted by Crippen LogP contribution is 2.37. The van der Waals surface area contributed by atoms with E-state index in [0.29, 0.717) is 0 Å². The topological polar surface area (TPSA) is 62.7 Å². The minimum absolute atomic E-state index is 0.0442. The van der Waals surface area contributed by atoms with Crippen molar-refractivity contribution in [2.75, 3.05) is 19.6 Å². The van der Waals surface area contributed by atoms with Crippen LogP contribution < -0.4 is 0 Å². The number of ether oxygens (including phenoxy) is 1. The Bertz CT molecular complexity index is 1140. The van der Waals surface area contributed by atoms with Crippen molar-refractivity contribution in [2.24, 2.45) is 0 Å². The first kappa shape index (κ1) is 24.8. The number of aryl methyl sites for hydroxylation is 1. The van der Waals surface area contributed by atoms with E-state index in [-0.39, 0.29) is 55.8 Å². The minimum Gasteiger partial charge on any atom is -0.441 e. The van der Waals surface area contributed by atoms with Crippen LogP contribution >= 0.6 is 0 Å². The van der Waals surface area contributed by atoms with E-state index in [2.05, 4.69) is 4.98 Å². The van der Waals surface area contributed by atoms with Gasteiger partial charge in [-0.3, -0.25) is 9.69 Å². The van der Waals surface area contributed by atoms with E-state index in [1.54, 1.807) is 0 Å². The molecule has 12 heteroatoms. The van der Waals surface area contributed by atoms with Gasteiger partial charge in [-0.25, -0.2) is 9.78 Å². The van der Waals surface area contributed by atoms with Gasteiger partial charge in [0.25, 0.3) is 5.91 Å². The number of carbonyl (C=O) groups is 2. The lowest BCUT2D eigenvalue weighted by Gasteiger charge is -2.37. The van der Waals surface area contributed by atoms with Crippen LogP contribution in [0, 0.1) is 6.92 Å². The first-order chi connectivity index (χ1) is 16.3. The molecule has 2 amide bonds. The molecule has 0 aliphatic carbocycles. The maximum Gasteiger partial charge on any atom is 0.433 e. The average molecular weight is 501 g/mol. The molecule has 0 atom stereocenters. The van der Waals surface area contributed by atoms with Crippen LogP contribution in [0.4, 0.5) is 31.1 Å². The van der Waals surface area contributed by atoms with E-state index >= 15 is 0 Å². The monoisotopic (exact) mass is 501 g/mol. The number of alkyl halides is 6. The zero-order valence-corrected chi connectivity index (χ0v) is 18.5. The Morgan fingerprint density at radius 2 is 1.69 bits per heavy atom. The van der Waals surface area contributed by atoms with Gasteiger partial charge in [0.15, 0.2) is 0 Å². The van der Waals surface area contributed by atoms with Crippen LogP contribution in [0.3, 0.4) is 0 Å². The fourth-order valence-corrected chi connectivity index (χ4v) is 4.45. The van der Waals surface area contributed by atoms with Gasteiger partial charge in [-0.1, -0.05) is 18.2 Å². The SMILES string of the molecule is Cc1nc(C(F)(F)F)ccc1C(=O)N1CCC2(CC1)CN(Cc1ccccc1C(F)(F)F)C(=O)O2. The normalized spacial score (nSPS) is 18.2. The number of rotatable bonds is 3. The first-order valence-electron chi connectivity index (χ1n) is 10.8. The molecule has 3 heterocycles. The van der Waals surface area contributed by atoms with Gasteiger partial charge in [-0.2, -0.15) is 26.3 Å². The lowest BCUT2D eigenvalue weighted by molar-refractivity contribution is -0.141. The maximum atomic E-state index is 13.3. The van der Waals surface area contributed by atoms with Gasteiger partial charge >= 0.3 is 18.4 Å². The molecule has 1 aromatic heterocycles. The first-order valence-corrected chi connectivity index (χ1v) is 10.8. The largest absolute Gasteiger partial charge is 0.441 e. The van der Waals surface area contributed by atoms with Gasteiger partial charge < -0.3 is 9.64 Å². The van der Waals surface area contributed by atoms with Crippen LogP contribution in [0.5, 0.6) is 0 Å². The van der Waals surface area contributed by atoms with Gasteiger partial charge in [0.1, 0.15) is 11.3 Å². The van der Waals surface area contributed by atoms with Crippen LogP contribution in [0.15, 0.2) is 36.4 Å². The number of hydrogen-bond acceptors (Lipinski definition) is 4. The molecule has 2 aliphatic rings. The summed E-state index contributed by atoms with van der Waals surface area (Å²) >= 11 is 0. The van der Waals surface area contributed by atoms with Gasteiger partial charge in [0.05, 0.1) is 23.4 Å². The third-order valence-corrected chi connectivity index (χ3v) is 6.29. The fraction of sp³-hybridized carbons (Fsp3) is 0.435. The minimum atomic E-state index is -4.62. The standard InChI is InChI=1S/C23H21F6N3O3/c1-14-16(6-7-18(30-14)23(27,28)29)19(33)31-10-8-21(9-11-31)13-32(20(34)35-21)12-15-4-2-3-5-17(15)22(24,25)26/h2-7H,8-13H2,1H3. The van der Waals surface area contributed by atoms with E-state index in [4.69, 9.17) is 4.74 Å². The molecule has 2 aromatic rings. The summed E-state index contributed by atoms with van der Waals surface area (Å²) < 4.78 is 84.0. The average Bonchev–Trinajstić information content (AvgIpc) is 3.07. The summed E-state index contributed by atoms with van der Waals surface area (Å²) in [5.41, 5.74) is -2.92. The molecule has 2 aliphatic heterocycles. The number of hydrogen-bond donors (Lipinski definition) is 0. The molecule has 2 saturated heterocycles. The number of likely N-dealkylation sites (tertiary alicyclic amines) is 1. The van der Waals surface area contributed by atoms with Gasteiger partial charge in [-0.15, -0.1) is 0 Å². The van der Waals surface area contributed by atoms with E-state index in [0.717, 1.165) is 18.2 Å². The molecule has 0 N–H and O–H groups in total. The van der Waals surface area contributed by atoms with Crippen molar-refractivity contribution in [1.29, 1.82) is 0 Å². The summed E-state index contributed by atoms with van der Waals surface area (Å²) in [5, 5.41) is 0. The predicted molar refractivity (Wildman–Crippen MR) is 110 cm³/mol. The Labute approximate surface area is 196 Å². The molecule has 0 radical (unpaired) electrons. The number of piperidine rings is 1. The quantitative estimate of drug-likeness (QED) is 0.552. The highest BCUT2D eigenvalue weighted by atomic mass is 19.4. The summed E-state index contributed by atoms with van der Waals surface area (Å²) in [6.45, 7) is 1.46. The van der Waals surface area contributed by atoms with Gasteiger partial charge in [0.2, 0.25) is 0 Å². The molecule has 0 unspecified atom stereocenters. The lowest BCUT2D eigenvalue weighted by Crippen LogP contribution is -2.48. The molecule has 35 heavy (non-hydrogen) atoms. The van der Waals surface area contributed by atoms with E-state index in [9.17, 15) is 35.9 Å². The molecular formula is C23H21F6N3O3. The molecule has 188 valence electrons. The number of pyridine rings is 1. The Balaban J connectivity index is 1.42. The van der Waals surface area contributed by atoms with Gasteiger partial charge in [-0.05, 0) is 30.7 Å². The number of halogens is 6. The van der Waals surface area contributed by atoms with Crippen molar-refractivity contribution in [3.63, 3.8) is 0 Å². The number of aromatic nitrogens is 1. The molecule has 0 saturated carbocycles. The molecule has 0 bridgehead atoms. The van der Waals surface area contributed by atoms with E-state index in [1.807, 2.05) is 0 Å². The second-order valence-electron chi connectivity index (χ2n) is 8.68. The number of nitrogens with zero attached hydrogens (tertiary/aromatic N) is 3. The summed E-state index contributed by atoms with van der Waals surface area (Å²) in [4.78, 5) is 31.5. The zero-order valence-electron chi connectivity index (χ0n) is 18.5. The third-order valence-electron chi connectivity index (χ3n) is 6.29. The predicted octanol–water partition coefficient (Wildman–Crippen LogP) is 5.05. The summed E-state index contributed by atoms with van der Waals surface area (Å²) in [6, 6.07) is 6.84. The Kier molecular flexibility index (Phi) is 6.18. The van der Waals surface area contributed by atoms with Crippen LogP contribution in [0.25, 0.3) is 0 Å². The zero-order chi connectivity index (χ0) is 25.6. The molecule has 1 aromatic carbocycles. The molecule has 2 fully saturated rings. The van der Waals surface area contributed by atoms with Crippen molar-refractivity contribution in [1.82, 2.24) is 14.8 Å². The van der Waals surface area contributed by atoms with Crippen molar-refractivity contribution < 1.29 is 40.7 Å². The van der Waals surface area contributed by atoms with Crippen molar-refractivity contribution in [3.05, 3.63) is 64.5 Å². The lowest BCUT2D eigenvalue weighted by atomic mass is 9.90. The molecular weight excluding hydrogens is 480 g/mol. The number of benzene rings is 1. The summed E-state index contributed by atoms with van der Waals surface area (Å²) in [7, 11) is 0.